The molecule has 0 saturated heterocycles. The Bertz CT molecular complexity index is 686. The number of hydrogen-bond donors (Lipinski definition) is 4. The van der Waals surface area contributed by atoms with E-state index in [0.29, 0.717) is 35.0 Å². The Morgan fingerprint density at radius 1 is 0.821 bits per heavy atom. The molecule has 0 heterocycles. The molecule has 0 aliphatic heterocycles. The van der Waals surface area contributed by atoms with Crippen LogP contribution >= 0.6 is 94.1 Å². The lowest BCUT2D eigenvalue weighted by atomic mass is 10.9. The summed E-state index contributed by atoms with van der Waals surface area (Å²) in [7, 11) is -1.11. The second-order valence-corrected chi connectivity index (χ2v) is 16.0. The minimum Gasteiger partial charge on any atom is -0.438 e. The number of ether oxygens (including phenoxy) is 1. The standard InChI is InChI=1S/C18H34N4O8S9/c23-11-36-13-28-17(25)21-8-34-16-33-7-20-10-39(27)4-3-31-1-2-38-18(26)22-9-35-15-32-6-19-5-29-30-14-37-12-24/h5,10,23-24H,1-4,6-9,11-16H2,(H,21,25)(H,22,26)/b19-5-,20-10-. The summed E-state index contributed by atoms with van der Waals surface area (Å²) in [6.07, 6.45) is 0.696. The van der Waals surface area contributed by atoms with Crippen LogP contribution in [0.1, 0.15) is 0 Å². The topological polar surface area (TPSA) is 168 Å². The fourth-order valence-corrected chi connectivity index (χ4v) is 8.13. The third kappa shape index (κ3) is 33.1. The van der Waals surface area contributed by atoms with Crippen molar-refractivity contribution < 1.29 is 38.5 Å². The van der Waals surface area contributed by atoms with Crippen LogP contribution in [0.15, 0.2) is 9.98 Å². The predicted octanol–water partition coefficient (Wildman–Crippen LogP) is 3.60. The van der Waals surface area contributed by atoms with Crippen LogP contribution in [0.5, 0.6) is 0 Å². The molecule has 0 saturated carbocycles. The minimum atomic E-state index is -1.11. The molecule has 0 spiro atoms. The van der Waals surface area contributed by atoms with Gasteiger partial charge in [-0.05, 0) is 0 Å². The number of aliphatic hydroxyl groups excluding tert-OH is 2. The Labute approximate surface area is 265 Å². The molecule has 0 bridgehead atoms. The Hall–Kier alpha value is 0.710. The number of thioether (sulfide) groups is 8. The van der Waals surface area contributed by atoms with E-state index >= 15 is 0 Å². The molecule has 21 heteroatoms. The highest BCUT2D eigenvalue weighted by Gasteiger charge is 2.03. The van der Waals surface area contributed by atoms with E-state index in [9.17, 15) is 13.8 Å². The average Bonchev–Trinajstić information content (AvgIpc) is 2.92. The Morgan fingerprint density at radius 3 is 2.26 bits per heavy atom. The smallest absolute Gasteiger partial charge is 0.408 e. The van der Waals surface area contributed by atoms with Crippen LogP contribution in [-0.2, 0) is 25.3 Å². The van der Waals surface area contributed by atoms with Crippen LogP contribution < -0.4 is 10.6 Å². The van der Waals surface area contributed by atoms with Crippen LogP contribution in [0.25, 0.3) is 0 Å². The van der Waals surface area contributed by atoms with Crippen LogP contribution in [0.3, 0.4) is 0 Å². The Morgan fingerprint density at radius 2 is 1.51 bits per heavy atom. The van der Waals surface area contributed by atoms with Crippen LogP contribution in [-0.4, -0.2) is 118 Å². The van der Waals surface area contributed by atoms with Crippen molar-refractivity contribution in [3.63, 3.8) is 0 Å². The lowest BCUT2D eigenvalue weighted by Crippen LogP contribution is -2.23. The van der Waals surface area contributed by atoms with E-state index in [0.717, 1.165) is 33.4 Å². The Kier molecular flexibility index (Phi) is 33.8. The van der Waals surface area contributed by atoms with Crippen molar-refractivity contribution in [3.8, 4) is 0 Å². The van der Waals surface area contributed by atoms with Crippen molar-refractivity contribution >= 4 is 128 Å². The zero-order chi connectivity index (χ0) is 28.7. The molecule has 0 aromatic carbocycles. The van der Waals surface area contributed by atoms with Gasteiger partial charge in [0, 0.05) is 33.2 Å². The molecule has 0 aromatic rings. The van der Waals surface area contributed by atoms with Gasteiger partial charge in [0.2, 0.25) is 6.40 Å². The number of alkyl carbamates (subject to hydrolysis) is 1. The number of carbonyl (C=O) groups is 2. The molecule has 228 valence electrons. The average molecular weight is 723 g/mol. The first-order chi connectivity index (χ1) is 19.1. The Balaban J connectivity index is 3.42. The number of rotatable bonds is 27. The molecular formula is C18H34N4O8S9. The molecule has 1 unspecified atom stereocenters. The van der Waals surface area contributed by atoms with E-state index in [1.165, 1.54) is 47.2 Å². The molecular weight excluding hydrogens is 689 g/mol. The molecule has 2 amide bonds. The predicted molar refractivity (Wildman–Crippen MR) is 179 cm³/mol. The largest absolute Gasteiger partial charge is 0.438 e. The molecule has 39 heavy (non-hydrogen) atoms. The van der Waals surface area contributed by atoms with Gasteiger partial charge in [-0.15, -0.1) is 58.8 Å². The maximum absolute atomic E-state index is 11.9. The van der Waals surface area contributed by atoms with Gasteiger partial charge in [0.25, 0.3) is 5.24 Å². The second-order valence-electron chi connectivity index (χ2n) is 5.91. The van der Waals surface area contributed by atoms with E-state index in [1.807, 2.05) is 0 Å². The van der Waals surface area contributed by atoms with Crippen LogP contribution in [0.4, 0.5) is 9.59 Å². The van der Waals surface area contributed by atoms with Crippen LogP contribution in [0.2, 0.25) is 0 Å². The maximum atomic E-state index is 11.9. The summed E-state index contributed by atoms with van der Waals surface area (Å²) < 4.78 is 16.8. The van der Waals surface area contributed by atoms with Gasteiger partial charge in [0.1, 0.15) is 11.9 Å². The first kappa shape index (κ1) is 39.7. The van der Waals surface area contributed by atoms with Gasteiger partial charge in [-0.3, -0.25) is 14.0 Å². The van der Waals surface area contributed by atoms with Crippen molar-refractivity contribution in [2.75, 3.05) is 80.4 Å². The van der Waals surface area contributed by atoms with E-state index in [-0.39, 0.29) is 29.0 Å². The van der Waals surface area contributed by atoms with E-state index in [4.69, 9.17) is 19.8 Å². The summed E-state index contributed by atoms with van der Waals surface area (Å²) in [5.74, 6) is 4.92. The number of hydrogen-bond acceptors (Lipinski definition) is 18. The zero-order valence-corrected chi connectivity index (χ0v) is 28.3. The van der Waals surface area contributed by atoms with Gasteiger partial charge >= 0.3 is 6.09 Å². The van der Waals surface area contributed by atoms with Gasteiger partial charge in [0.05, 0.1) is 51.7 Å². The van der Waals surface area contributed by atoms with Crippen molar-refractivity contribution in [1.82, 2.24) is 10.6 Å². The molecule has 12 nitrogen and oxygen atoms in total. The summed E-state index contributed by atoms with van der Waals surface area (Å²) in [6.45, 7) is 0. The SMILES string of the molecule is O=C(NCSCSC/N=C\S(=O)CCSCCSC(=O)NCSCSC/N=C\OOCSCO)OCSCO. The molecule has 0 aromatic heterocycles. The molecule has 0 aliphatic rings. The molecule has 0 radical (unpaired) electrons. The van der Waals surface area contributed by atoms with E-state index in [2.05, 4.69) is 25.5 Å². The van der Waals surface area contributed by atoms with E-state index in [1.54, 1.807) is 47.0 Å². The highest BCUT2D eigenvalue weighted by Crippen LogP contribution is 2.13. The normalized spacial score (nSPS) is 12.2. The highest BCUT2D eigenvalue weighted by molar-refractivity contribution is 8.16. The van der Waals surface area contributed by atoms with E-state index < -0.39 is 16.9 Å². The number of carbonyl (C=O) groups excluding carboxylic acids is 2. The molecule has 1 atom stereocenters. The van der Waals surface area contributed by atoms with Crippen molar-refractivity contribution in [2.45, 2.75) is 0 Å². The molecule has 0 aliphatic carbocycles. The van der Waals surface area contributed by atoms with Crippen molar-refractivity contribution in [1.29, 1.82) is 0 Å². The lowest BCUT2D eigenvalue weighted by molar-refractivity contribution is -0.196. The van der Waals surface area contributed by atoms with Gasteiger partial charge in [-0.1, -0.05) is 23.5 Å². The quantitative estimate of drug-likeness (QED) is 0.0242. The number of aliphatic hydroxyl groups is 2. The minimum absolute atomic E-state index is 0.0272. The number of amides is 2. The summed E-state index contributed by atoms with van der Waals surface area (Å²) in [4.78, 5) is 40.6. The first-order valence-electron chi connectivity index (χ1n) is 10.8. The lowest BCUT2D eigenvalue weighted by Gasteiger charge is -2.05. The maximum Gasteiger partial charge on any atom is 0.408 e. The summed E-state index contributed by atoms with van der Waals surface area (Å²) in [6, 6.07) is 0. The highest BCUT2D eigenvalue weighted by atomic mass is 32.2. The second kappa shape index (κ2) is 33.2. The zero-order valence-electron chi connectivity index (χ0n) is 21.0. The van der Waals surface area contributed by atoms with Crippen molar-refractivity contribution in [2.24, 2.45) is 9.98 Å². The van der Waals surface area contributed by atoms with Crippen LogP contribution in [0, 0.1) is 0 Å². The summed E-state index contributed by atoms with van der Waals surface area (Å²) >= 11 is 11.4. The monoisotopic (exact) mass is 722 g/mol. The molecule has 4 N–H and O–H groups in total. The third-order valence-electron chi connectivity index (χ3n) is 3.16. The van der Waals surface area contributed by atoms with Gasteiger partial charge < -0.3 is 30.5 Å². The first-order valence-corrected chi connectivity index (χ1v) is 21.3. The fourth-order valence-electron chi connectivity index (χ4n) is 1.63. The number of nitrogens with one attached hydrogen (secondary N) is 2. The third-order valence-corrected chi connectivity index (χ3v) is 11.4. The van der Waals surface area contributed by atoms with Gasteiger partial charge in [-0.2, -0.15) is 16.6 Å². The number of aliphatic imine (C=N–C) groups is 2. The number of nitrogens with zero attached hydrogens (tertiary/aromatic N) is 2. The van der Waals surface area contributed by atoms with Gasteiger partial charge in [-0.25, -0.2) is 9.79 Å². The van der Waals surface area contributed by atoms with Crippen molar-refractivity contribution in [3.05, 3.63) is 0 Å². The summed E-state index contributed by atoms with van der Waals surface area (Å²) in [5, 5.41) is 24.0. The summed E-state index contributed by atoms with van der Waals surface area (Å²) in [5.41, 5.74) is 1.47. The van der Waals surface area contributed by atoms with Gasteiger partial charge in [0.15, 0.2) is 0 Å². The molecule has 0 rings (SSSR count). The fraction of sp³-hybridized carbons (Fsp3) is 0.778. The molecule has 0 fully saturated rings.